The van der Waals surface area contributed by atoms with E-state index in [0.29, 0.717) is 5.69 Å². The molecule has 0 fully saturated rings. The number of hydrogen-bond acceptors (Lipinski definition) is 4. The molecule has 1 rings (SSSR count). The molecule has 5 heteroatoms. The molecule has 0 radical (unpaired) electrons. The summed E-state index contributed by atoms with van der Waals surface area (Å²) in [5.74, 6) is 0.786. The van der Waals surface area contributed by atoms with Gasteiger partial charge in [0.15, 0.2) is 0 Å². The molecule has 4 nitrogen and oxygen atoms in total. The Morgan fingerprint density at radius 3 is 2.53 bits per heavy atom. The van der Waals surface area contributed by atoms with Crippen LogP contribution in [0.1, 0.15) is 26.3 Å². The monoisotopic (exact) mass is 254 g/mol. The summed E-state index contributed by atoms with van der Waals surface area (Å²) >= 11 is 1.78. The van der Waals surface area contributed by atoms with Crippen molar-refractivity contribution in [1.82, 2.24) is 0 Å². The van der Waals surface area contributed by atoms with Crippen molar-refractivity contribution in [3.63, 3.8) is 0 Å². The number of anilines is 1. The van der Waals surface area contributed by atoms with Gasteiger partial charge in [0.2, 0.25) is 0 Å². The lowest BCUT2D eigenvalue weighted by molar-refractivity contribution is -0.384. The molecular formula is C12H18N2O2S. The first kappa shape index (κ1) is 13.8. The van der Waals surface area contributed by atoms with Crippen LogP contribution in [-0.4, -0.2) is 16.7 Å². The average molecular weight is 254 g/mol. The van der Waals surface area contributed by atoms with Crippen molar-refractivity contribution < 1.29 is 4.92 Å². The van der Waals surface area contributed by atoms with Crippen LogP contribution in [0.2, 0.25) is 0 Å². The Bertz CT molecular complexity index is 413. The highest BCUT2D eigenvalue weighted by Crippen LogP contribution is 2.31. The van der Waals surface area contributed by atoms with Crippen molar-refractivity contribution in [2.75, 3.05) is 12.4 Å². The number of nitro groups is 1. The minimum absolute atomic E-state index is 0.138. The van der Waals surface area contributed by atoms with Crippen molar-refractivity contribution in [3.05, 3.63) is 33.9 Å². The number of hydrogen-bond donors (Lipinski definition) is 1. The van der Waals surface area contributed by atoms with Crippen LogP contribution in [0.4, 0.5) is 11.4 Å². The Morgan fingerprint density at radius 2 is 2.06 bits per heavy atom. The largest absolute Gasteiger partial charge is 0.383 e. The van der Waals surface area contributed by atoms with Gasteiger partial charge in [0.1, 0.15) is 5.69 Å². The lowest BCUT2D eigenvalue weighted by Crippen LogP contribution is -2.07. The highest BCUT2D eigenvalue weighted by Gasteiger charge is 2.15. The summed E-state index contributed by atoms with van der Waals surface area (Å²) < 4.78 is 0.163. The highest BCUT2D eigenvalue weighted by molar-refractivity contribution is 7.99. The molecule has 94 valence electrons. The number of benzene rings is 1. The normalized spacial score (nSPS) is 11.3. The van der Waals surface area contributed by atoms with E-state index in [2.05, 4.69) is 26.1 Å². The fourth-order valence-electron chi connectivity index (χ4n) is 1.33. The summed E-state index contributed by atoms with van der Waals surface area (Å²) in [5, 5.41) is 13.7. The number of nitrogens with one attached hydrogen (secondary N) is 1. The summed E-state index contributed by atoms with van der Waals surface area (Å²) in [6.07, 6.45) is 0. The van der Waals surface area contributed by atoms with E-state index in [1.165, 1.54) is 0 Å². The zero-order valence-electron chi connectivity index (χ0n) is 10.6. The molecule has 0 aliphatic heterocycles. The molecule has 0 saturated heterocycles. The lowest BCUT2D eigenvalue weighted by atomic mass is 10.2. The van der Waals surface area contributed by atoms with Gasteiger partial charge in [0, 0.05) is 23.6 Å². The van der Waals surface area contributed by atoms with Gasteiger partial charge in [-0.05, 0) is 11.6 Å². The molecule has 0 bridgehead atoms. The molecule has 1 aromatic carbocycles. The predicted molar refractivity (Wildman–Crippen MR) is 73.7 cm³/mol. The number of rotatable bonds is 4. The summed E-state index contributed by atoms with van der Waals surface area (Å²) in [6.45, 7) is 6.40. The zero-order chi connectivity index (χ0) is 13.1. The van der Waals surface area contributed by atoms with E-state index in [1.807, 2.05) is 6.07 Å². The minimum atomic E-state index is -0.350. The zero-order valence-corrected chi connectivity index (χ0v) is 11.4. The Balaban J connectivity index is 2.89. The quantitative estimate of drug-likeness (QED) is 0.658. The molecule has 0 unspecified atom stereocenters. The van der Waals surface area contributed by atoms with Gasteiger partial charge in [-0.3, -0.25) is 10.1 Å². The number of thioether (sulfide) groups is 1. The summed E-state index contributed by atoms with van der Waals surface area (Å²) in [5.41, 5.74) is 1.68. The van der Waals surface area contributed by atoms with Crippen molar-refractivity contribution in [2.24, 2.45) is 0 Å². The van der Waals surface area contributed by atoms with E-state index in [-0.39, 0.29) is 15.4 Å². The first-order chi connectivity index (χ1) is 7.83. The summed E-state index contributed by atoms with van der Waals surface area (Å²) in [4.78, 5) is 10.5. The van der Waals surface area contributed by atoms with E-state index in [4.69, 9.17) is 0 Å². The number of nitro benzene ring substituents is 1. The Kier molecular flexibility index (Phi) is 4.40. The number of nitrogens with zero attached hydrogens (tertiary/aromatic N) is 1. The van der Waals surface area contributed by atoms with Crippen LogP contribution in [0.3, 0.4) is 0 Å². The molecule has 17 heavy (non-hydrogen) atoms. The second-order valence-corrected chi connectivity index (χ2v) is 6.56. The summed E-state index contributed by atoms with van der Waals surface area (Å²) in [7, 11) is 1.69. The van der Waals surface area contributed by atoms with Crippen LogP contribution in [0.5, 0.6) is 0 Å². The smallest absolute Gasteiger partial charge is 0.292 e. The van der Waals surface area contributed by atoms with Crippen molar-refractivity contribution >= 4 is 23.1 Å². The van der Waals surface area contributed by atoms with Gasteiger partial charge in [-0.1, -0.05) is 26.8 Å². The molecular weight excluding hydrogens is 236 g/mol. The molecule has 0 aliphatic carbocycles. The Hall–Kier alpha value is -1.23. The molecule has 1 aromatic rings. The molecule has 1 N–H and O–H groups in total. The fraction of sp³-hybridized carbons (Fsp3) is 0.500. The van der Waals surface area contributed by atoms with E-state index in [0.717, 1.165) is 11.3 Å². The average Bonchev–Trinajstić information content (AvgIpc) is 2.25. The molecule has 0 saturated carbocycles. The topological polar surface area (TPSA) is 55.2 Å². The second-order valence-electron chi connectivity index (χ2n) is 4.76. The van der Waals surface area contributed by atoms with Crippen molar-refractivity contribution in [1.29, 1.82) is 0 Å². The van der Waals surface area contributed by atoms with Crippen molar-refractivity contribution in [2.45, 2.75) is 31.3 Å². The Morgan fingerprint density at radius 1 is 1.41 bits per heavy atom. The highest BCUT2D eigenvalue weighted by atomic mass is 32.2. The third-order valence-electron chi connectivity index (χ3n) is 2.20. The molecule has 0 amide bonds. The maximum absolute atomic E-state index is 10.9. The third kappa shape index (κ3) is 4.26. The van der Waals surface area contributed by atoms with Crippen LogP contribution < -0.4 is 5.32 Å². The van der Waals surface area contributed by atoms with Crippen LogP contribution in [0.25, 0.3) is 0 Å². The van der Waals surface area contributed by atoms with Gasteiger partial charge in [-0.25, -0.2) is 0 Å². The van der Waals surface area contributed by atoms with E-state index in [9.17, 15) is 10.1 Å². The van der Waals surface area contributed by atoms with Crippen molar-refractivity contribution in [3.8, 4) is 0 Å². The molecule has 0 atom stereocenters. The van der Waals surface area contributed by atoms with Gasteiger partial charge in [-0.15, -0.1) is 0 Å². The maximum atomic E-state index is 10.9. The maximum Gasteiger partial charge on any atom is 0.292 e. The van der Waals surface area contributed by atoms with Gasteiger partial charge in [0.05, 0.1) is 4.92 Å². The van der Waals surface area contributed by atoms with E-state index < -0.39 is 0 Å². The second kappa shape index (κ2) is 5.40. The SMILES string of the molecule is CNc1ccc(CSC(C)(C)C)cc1[N+](=O)[O-]. The van der Waals surface area contributed by atoms with Gasteiger partial charge in [-0.2, -0.15) is 11.8 Å². The Labute approximate surface area is 106 Å². The van der Waals surface area contributed by atoms with Crippen LogP contribution in [0, 0.1) is 10.1 Å². The van der Waals surface area contributed by atoms with Crippen LogP contribution >= 0.6 is 11.8 Å². The van der Waals surface area contributed by atoms with Gasteiger partial charge in [0.25, 0.3) is 5.69 Å². The standard InChI is InChI=1S/C12H18N2O2S/c1-12(2,3)17-8-9-5-6-10(13-4)11(7-9)14(15)16/h5-7,13H,8H2,1-4H3. The van der Waals surface area contributed by atoms with E-state index >= 15 is 0 Å². The van der Waals surface area contributed by atoms with Gasteiger partial charge < -0.3 is 5.32 Å². The molecule has 0 aromatic heterocycles. The van der Waals surface area contributed by atoms with E-state index in [1.54, 1.807) is 30.9 Å². The molecule has 0 aliphatic rings. The first-order valence-electron chi connectivity index (χ1n) is 5.42. The van der Waals surface area contributed by atoms with Gasteiger partial charge >= 0.3 is 0 Å². The molecule has 0 heterocycles. The summed E-state index contributed by atoms with van der Waals surface area (Å²) in [6, 6.07) is 5.33. The lowest BCUT2D eigenvalue weighted by Gasteiger charge is -2.17. The fourth-order valence-corrected chi connectivity index (χ4v) is 2.11. The molecule has 0 spiro atoms. The third-order valence-corrected chi connectivity index (χ3v) is 3.54. The first-order valence-corrected chi connectivity index (χ1v) is 6.41. The minimum Gasteiger partial charge on any atom is -0.383 e. The van der Waals surface area contributed by atoms with Crippen LogP contribution in [-0.2, 0) is 5.75 Å². The predicted octanol–water partition coefficient (Wildman–Crippen LogP) is 3.67. The van der Waals surface area contributed by atoms with Crippen LogP contribution in [0.15, 0.2) is 18.2 Å².